The standard InChI is InChI=1S/C16H22BrFN2.ClH/c17-14-7-13(8-15(18)9-14)16-4-2-6-20(16)11-12-3-1-5-19-10-12;/h7-9,12,16,19H,1-6,10-11H2;1H. The highest BCUT2D eigenvalue weighted by Gasteiger charge is 2.28. The number of likely N-dealkylation sites (tertiary alicyclic amines) is 1. The molecule has 0 aromatic heterocycles. The van der Waals surface area contributed by atoms with Crippen molar-refractivity contribution in [3.05, 3.63) is 34.1 Å². The van der Waals surface area contributed by atoms with Crippen molar-refractivity contribution < 1.29 is 4.39 Å². The first kappa shape index (κ1) is 17.2. The fourth-order valence-corrected chi connectivity index (χ4v) is 4.08. The zero-order valence-electron chi connectivity index (χ0n) is 12.2. The third-order valence-corrected chi connectivity index (χ3v) is 4.98. The molecule has 1 N–H and O–H groups in total. The van der Waals surface area contributed by atoms with Crippen LogP contribution in [-0.4, -0.2) is 31.1 Å². The molecule has 0 saturated carbocycles. The zero-order chi connectivity index (χ0) is 13.9. The van der Waals surface area contributed by atoms with Crippen molar-refractivity contribution in [3.63, 3.8) is 0 Å². The second-order valence-corrected chi connectivity index (χ2v) is 6.98. The van der Waals surface area contributed by atoms with Gasteiger partial charge in [-0.1, -0.05) is 15.9 Å². The molecule has 5 heteroatoms. The number of hydrogen-bond donors (Lipinski definition) is 1. The van der Waals surface area contributed by atoms with E-state index in [9.17, 15) is 4.39 Å². The highest BCUT2D eigenvalue weighted by Crippen LogP contribution is 2.34. The molecule has 3 rings (SSSR count). The lowest BCUT2D eigenvalue weighted by molar-refractivity contribution is 0.195. The van der Waals surface area contributed by atoms with E-state index in [1.807, 2.05) is 0 Å². The molecule has 2 aliphatic heterocycles. The second-order valence-electron chi connectivity index (χ2n) is 6.07. The topological polar surface area (TPSA) is 15.3 Å². The van der Waals surface area contributed by atoms with Crippen molar-refractivity contribution in [2.75, 3.05) is 26.2 Å². The Labute approximate surface area is 141 Å². The Balaban J connectivity index is 0.00000161. The molecule has 0 spiro atoms. The van der Waals surface area contributed by atoms with Gasteiger partial charge in [-0.15, -0.1) is 12.4 Å². The lowest BCUT2D eigenvalue weighted by Crippen LogP contribution is -2.38. The van der Waals surface area contributed by atoms with Crippen LogP contribution < -0.4 is 5.32 Å². The molecule has 1 aromatic rings. The van der Waals surface area contributed by atoms with Gasteiger partial charge in [0.15, 0.2) is 0 Å². The van der Waals surface area contributed by atoms with Crippen molar-refractivity contribution in [2.45, 2.75) is 31.7 Å². The monoisotopic (exact) mass is 376 g/mol. The van der Waals surface area contributed by atoms with E-state index in [-0.39, 0.29) is 18.2 Å². The van der Waals surface area contributed by atoms with E-state index in [4.69, 9.17) is 0 Å². The Morgan fingerprint density at radius 3 is 2.81 bits per heavy atom. The normalized spacial score (nSPS) is 26.6. The molecule has 2 heterocycles. The van der Waals surface area contributed by atoms with Crippen LogP contribution in [0.2, 0.25) is 0 Å². The smallest absolute Gasteiger partial charge is 0.124 e. The van der Waals surface area contributed by atoms with Crippen LogP contribution in [0.4, 0.5) is 4.39 Å². The predicted molar refractivity (Wildman–Crippen MR) is 90.5 cm³/mol. The first-order valence-electron chi connectivity index (χ1n) is 7.63. The Hall–Kier alpha value is -0.160. The number of nitrogens with one attached hydrogen (secondary N) is 1. The van der Waals surface area contributed by atoms with E-state index in [2.05, 4.69) is 32.2 Å². The highest BCUT2D eigenvalue weighted by molar-refractivity contribution is 9.10. The summed E-state index contributed by atoms with van der Waals surface area (Å²) in [6, 6.07) is 5.70. The molecular formula is C16H23BrClFN2. The number of rotatable bonds is 3. The molecule has 118 valence electrons. The molecule has 2 aliphatic rings. The molecule has 2 unspecified atom stereocenters. The van der Waals surface area contributed by atoms with Crippen LogP contribution in [0.5, 0.6) is 0 Å². The lowest BCUT2D eigenvalue weighted by atomic mass is 9.97. The molecule has 0 amide bonds. The summed E-state index contributed by atoms with van der Waals surface area (Å²) < 4.78 is 14.5. The van der Waals surface area contributed by atoms with Gasteiger partial charge in [0, 0.05) is 17.1 Å². The van der Waals surface area contributed by atoms with E-state index in [0.29, 0.717) is 6.04 Å². The average molecular weight is 378 g/mol. The molecule has 2 nitrogen and oxygen atoms in total. The molecule has 0 bridgehead atoms. The van der Waals surface area contributed by atoms with Crippen LogP contribution >= 0.6 is 28.3 Å². The Morgan fingerprint density at radius 2 is 2.10 bits per heavy atom. The highest BCUT2D eigenvalue weighted by atomic mass is 79.9. The van der Waals surface area contributed by atoms with E-state index in [1.165, 1.54) is 25.3 Å². The van der Waals surface area contributed by atoms with Crippen molar-refractivity contribution in [1.82, 2.24) is 10.2 Å². The van der Waals surface area contributed by atoms with Gasteiger partial charge in [0.25, 0.3) is 0 Å². The third kappa shape index (κ3) is 4.41. The van der Waals surface area contributed by atoms with Crippen molar-refractivity contribution >= 4 is 28.3 Å². The molecular weight excluding hydrogens is 355 g/mol. The van der Waals surface area contributed by atoms with Crippen molar-refractivity contribution in [2.24, 2.45) is 5.92 Å². The van der Waals surface area contributed by atoms with Crippen LogP contribution in [0, 0.1) is 11.7 Å². The Bertz CT molecular complexity index is 445. The number of hydrogen-bond acceptors (Lipinski definition) is 2. The maximum Gasteiger partial charge on any atom is 0.124 e. The van der Waals surface area contributed by atoms with Crippen molar-refractivity contribution in [1.29, 1.82) is 0 Å². The van der Waals surface area contributed by atoms with Crippen LogP contribution in [0.15, 0.2) is 22.7 Å². The van der Waals surface area contributed by atoms with E-state index in [0.717, 1.165) is 48.6 Å². The van der Waals surface area contributed by atoms with E-state index < -0.39 is 0 Å². The average Bonchev–Trinajstić information content (AvgIpc) is 2.87. The minimum atomic E-state index is -0.138. The maximum absolute atomic E-state index is 13.6. The quantitative estimate of drug-likeness (QED) is 0.851. The molecule has 21 heavy (non-hydrogen) atoms. The van der Waals surface area contributed by atoms with Crippen LogP contribution in [0.1, 0.15) is 37.3 Å². The van der Waals surface area contributed by atoms with Crippen LogP contribution in [-0.2, 0) is 0 Å². The molecule has 2 saturated heterocycles. The van der Waals surface area contributed by atoms with E-state index in [1.54, 1.807) is 6.07 Å². The predicted octanol–water partition coefficient (Wildman–Crippen LogP) is 4.15. The van der Waals surface area contributed by atoms with Crippen LogP contribution in [0.3, 0.4) is 0 Å². The van der Waals surface area contributed by atoms with Gasteiger partial charge in [-0.3, -0.25) is 4.90 Å². The first-order chi connectivity index (χ1) is 9.72. The largest absolute Gasteiger partial charge is 0.316 e. The number of nitrogens with zero attached hydrogens (tertiary/aromatic N) is 1. The third-order valence-electron chi connectivity index (χ3n) is 4.52. The molecule has 0 radical (unpaired) electrons. The van der Waals surface area contributed by atoms with Gasteiger partial charge in [0.1, 0.15) is 5.82 Å². The summed E-state index contributed by atoms with van der Waals surface area (Å²) in [5, 5.41) is 3.49. The molecule has 2 fully saturated rings. The second kappa shape index (κ2) is 7.91. The fraction of sp³-hybridized carbons (Fsp3) is 0.625. The Kier molecular flexibility index (Phi) is 6.48. The maximum atomic E-state index is 13.6. The van der Waals surface area contributed by atoms with Gasteiger partial charge in [0.2, 0.25) is 0 Å². The van der Waals surface area contributed by atoms with Crippen LogP contribution in [0.25, 0.3) is 0 Å². The van der Waals surface area contributed by atoms with Gasteiger partial charge in [0.05, 0.1) is 0 Å². The van der Waals surface area contributed by atoms with Gasteiger partial charge < -0.3 is 5.32 Å². The SMILES string of the molecule is Cl.Fc1cc(Br)cc(C2CCCN2CC2CCCNC2)c1. The fourth-order valence-electron chi connectivity index (χ4n) is 3.60. The summed E-state index contributed by atoms with van der Waals surface area (Å²) in [5.74, 6) is 0.613. The minimum Gasteiger partial charge on any atom is -0.316 e. The van der Waals surface area contributed by atoms with Gasteiger partial charge in [-0.05, 0) is 75.0 Å². The van der Waals surface area contributed by atoms with Crippen molar-refractivity contribution in [3.8, 4) is 0 Å². The summed E-state index contributed by atoms with van der Waals surface area (Å²) in [7, 11) is 0. The molecule has 2 atom stereocenters. The minimum absolute atomic E-state index is 0. The van der Waals surface area contributed by atoms with Gasteiger partial charge in [-0.25, -0.2) is 4.39 Å². The number of benzene rings is 1. The summed E-state index contributed by atoms with van der Waals surface area (Å²) in [4.78, 5) is 2.55. The first-order valence-corrected chi connectivity index (χ1v) is 8.42. The molecule has 0 aliphatic carbocycles. The summed E-state index contributed by atoms with van der Waals surface area (Å²) in [6.45, 7) is 4.59. The number of halogens is 3. The van der Waals surface area contributed by atoms with E-state index >= 15 is 0 Å². The zero-order valence-corrected chi connectivity index (χ0v) is 14.6. The number of piperidine rings is 1. The lowest BCUT2D eigenvalue weighted by Gasteiger charge is -2.31. The summed E-state index contributed by atoms with van der Waals surface area (Å²) in [6.07, 6.45) is 4.98. The summed E-state index contributed by atoms with van der Waals surface area (Å²) in [5.41, 5.74) is 1.12. The van der Waals surface area contributed by atoms with Gasteiger partial charge in [-0.2, -0.15) is 0 Å². The molecule has 1 aromatic carbocycles. The van der Waals surface area contributed by atoms with Gasteiger partial charge >= 0.3 is 0 Å². The summed E-state index contributed by atoms with van der Waals surface area (Å²) >= 11 is 3.41. The Morgan fingerprint density at radius 1 is 1.24 bits per heavy atom.